The van der Waals surface area contributed by atoms with Crippen LogP contribution in [0, 0.1) is 11.7 Å². The third-order valence-corrected chi connectivity index (χ3v) is 5.43. The van der Waals surface area contributed by atoms with Gasteiger partial charge >= 0.3 is 5.97 Å². The molecule has 6 nitrogen and oxygen atoms in total. The van der Waals surface area contributed by atoms with E-state index in [2.05, 4.69) is 0 Å². The highest BCUT2D eigenvalue weighted by Crippen LogP contribution is 2.48. The summed E-state index contributed by atoms with van der Waals surface area (Å²) in [4.78, 5) is 26.1. The molecule has 2 aliphatic heterocycles. The standard InChI is InChI=1S/C19H22FNO5/c20-16-4-2-1-3-13(16)14-11-15(14)18(23)24-12-17(22)21-7-5-19(6-8-21)25-9-10-26-19/h1-4,14-15H,5-12H2/t14-,15+/m0/s1. The third kappa shape index (κ3) is 3.46. The van der Waals surface area contributed by atoms with E-state index in [0.717, 1.165) is 0 Å². The normalized spacial score (nSPS) is 26.7. The Morgan fingerprint density at radius 1 is 1.19 bits per heavy atom. The number of ether oxygens (including phenoxy) is 3. The molecule has 1 amide bonds. The monoisotopic (exact) mass is 363 g/mol. The lowest BCUT2D eigenvalue weighted by atomic mass is 10.0. The fraction of sp³-hybridized carbons (Fsp3) is 0.579. The van der Waals surface area contributed by atoms with Gasteiger partial charge < -0.3 is 19.1 Å². The summed E-state index contributed by atoms with van der Waals surface area (Å²) in [6.45, 7) is 1.97. The molecular weight excluding hydrogens is 341 g/mol. The summed E-state index contributed by atoms with van der Waals surface area (Å²) < 4.78 is 30.2. The van der Waals surface area contributed by atoms with Crippen LogP contribution in [0.5, 0.6) is 0 Å². The summed E-state index contributed by atoms with van der Waals surface area (Å²) >= 11 is 0. The number of piperidine rings is 1. The van der Waals surface area contributed by atoms with E-state index in [1.807, 2.05) is 0 Å². The zero-order valence-corrected chi connectivity index (χ0v) is 14.5. The van der Waals surface area contributed by atoms with Crippen molar-refractivity contribution in [3.05, 3.63) is 35.6 Å². The first-order chi connectivity index (χ1) is 12.6. The molecule has 0 N–H and O–H groups in total. The van der Waals surface area contributed by atoms with Crippen LogP contribution in [-0.2, 0) is 23.8 Å². The highest BCUT2D eigenvalue weighted by atomic mass is 19.1. The molecule has 1 aromatic carbocycles. The van der Waals surface area contributed by atoms with Crippen molar-refractivity contribution in [2.24, 2.45) is 5.92 Å². The minimum atomic E-state index is -0.533. The molecule has 3 fully saturated rings. The van der Waals surface area contributed by atoms with Gasteiger partial charge in [-0.25, -0.2) is 4.39 Å². The van der Waals surface area contributed by atoms with Crippen LogP contribution in [0.1, 0.15) is 30.7 Å². The number of hydrogen-bond donors (Lipinski definition) is 0. The van der Waals surface area contributed by atoms with E-state index in [9.17, 15) is 14.0 Å². The summed E-state index contributed by atoms with van der Waals surface area (Å²) in [5.41, 5.74) is 0.540. The summed E-state index contributed by atoms with van der Waals surface area (Å²) in [6.07, 6.45) is 1.82. The third-order valence-electron chi connectivity index (χ3n) is 5.43. The number of hydrogen-bond acceptors (Lipinski definition) is 5. The van der Waals surface area contributed by atoms with Crippen molar-refractivity contribution in [3.63, 3.8) is 0 Å². The highest BCUT2D eigenvalue weighted by molar-refractivity contribution is 5.83. The molecule has 2 heterocycles. The van der Waals surface area contributed by atoms with E-state index in [0.29, 0.717) is 51.1 Å². The largest absolute Gasteiger partial charge is 0.455 e. The second-order valence-electron chi connectivity index (χ2n) is 7.07. The van der Waals surface area contributed by atoms with E-state index in [1.165, 1.54) is 6.07 Å². The van der Waals surface area contributed by atoms with Crippen molar-refractivity contribution >= 4 is 11.9 Å². The van der Waals surface area contributed by atoms with Crippen molar-refractivity contribution < 1.29 is 28.2 Å². The molecule has 1 spiro atoms. The van der Waals surface area contributed by atoms with Crippen molar-refractivity contribution in [1.82, 2.24) is 4.90 Å². The summed E-state index contributed by atoms with van der Waals surface area (Å²) in [7, 11) is 0. The fourth-order valence-corrected chi connectivity index (χ4v) is 3.79. The number of amides is 1. The number of benzene rings is 1. The van der Waals surface area contributed by atoms with Crippen LogP contribution in [0.25, 0.3) is 0 Å². The summed E-state index contributed by atoms with van der Waals surface area (Å²) in [6, 6.07) is 6.46. The average Bonchev–Trinajstić information content (AvgIpc) is 3.33. The minimum absolute atomic E-state index is 0.148. The smallest absolute Gasteiger partial charge is 0.310 e. The topological polar surface area (TPSA) is 65.1 Å². The van der Waals surface area contributed by atoms with Crippen molar-refractivity contribution in [2.45, 2.75) is 31.0 Å². The summed E-state index contributed by atoms with van der Waals surface area (Å²) in [5.74, 6) is -1.98. The molecule has 140 valence electrons. The quantitative estimate of drug-likeness (QED) is 0.764. The second kappa shape index (κ2) is 6.96. The predicted molar refractivity (Wildman–Crippen MR) is 88.7 cm³/mol. The van der Waals surface area contributed by atoms with Gasteiger partial charge in [0.1, 0.15) is 5.82 Å². The number of carbonyl (C=O) groups is 2. The maximum atomic E-state index is 13.8. The number of carbonyl (C=O) groups excluding carboxylic acids is 2. The van der Waals surface area contributed by atoms with E-state index in [1.54, 1.807) is 23.1 Å². The molecule has 26 heavy (non-hydrogen) atoms. The van der Waals surface area contributed by atoms with Crippen LogP contribution < -0.4 is 0 Å². The number of esters is 1. The van der Waals surface area contributed by atoms with Gasteiger partial charge in [0.2, 0.25) is 0 Å². The van der Waals surface area contributed by atoms with Crippen LogP contribution in [-0.4, -0.2) is 55.5 Å². The van der Waals surface area contributed by atoms with E-state index >= 15 is 0 Å². The Hall–Kier alpha value is -1.99. The molecule has 2 atom stereocenters. The van der Waals surface area contributed by atoms with Crippen LogP contribution in [0.2, 0.25) is 0 Å². The molecule has 2 saturated heterocycles. The van der Waals surface area contributed by atoms with Crippen molar-refractivity contribution in [3.8, 4) is 0 Å². The molecule has 7 heteroatoms. The van der Waals surface area contributed by atoms with Gasteiger partial charge in [-0.3, -0.25) is 9.59 Å². The van der Waals surface area contributed by atoms with Gasteiger partial charge in [0, 0.05) is 31.8 Å². The Bertz CT molecular complexity index is 693. The lowest BCUT2D eigenvalue weighted by molar-refractivity contribution is -0.188. The summed E-state index contributed by atoms with van der Waals surface area (Å²) in [5, 5.41) is 0. The molecule has 0 unspecified atom stereocenters. The van der Waals surface area contributed by atoms with Gasteiger partial charge in [-0.15, -0.1) is 0 Å². The zero-order chi connectivity index (χ0) is 18.1. The number of likely N-dealkylation sites (tertiary alicyclic amines) is 1. The van der Waals surface area contributed by atoms with Gasteiger partial charge in [0.25, 0.3) is 5.91 Å². The predicted octanol–water partition coefficient (Wildman–Crippen LogP) is 1.84. The van der Waals surface area contributed by atoms with E-state index < -0.39 is 11.8 Å². The first kappa shape index (κ1) is 17.4. The minimum Gasteiger partial charge on any atom is -0.455 e. The van der Waals surface area contributed by atoms with E-state index in [4.69, 9.17) is 14.2 Å². The van der Waals surface area contributed by atoms with Crippen molar-refractivity contribution in [1.29, 1.82) is 0 Å². The molecule has 0 aromatic heterocycles. The van der Waals surface area contributed by atoms with Crippen LogP contribution >= 0.6 is 0 Å². The molecule has 1 aliphatic carbocycles. The zero-order valence-electron chi connectivity index (χ0n) is 14.5. The first-order valence-corrected chi connectivity index (χ1v) is 9.05. The lowest BCUT2D eigenvalue weighted by Crippen LogP contribution is -2.48. The molecule has 4 rings (SSSR count). The van der Waals surface area contributed by atoms with Crippen LogP contribution in [0.15, 0.2) is 24.3 Å². The Labute approximate surface area is 151 Å². The fourth-order valence-electron chi connectivity index (χ4n) is 3.79. The molecular formula is C19H22FNO5. The van der Waals surface area contributed by atoms with Crippen LogP contribution in [0.3, 0.4) is 0 Å². The van der Waals surface area contributed by atoms with Gasteiger partial charge in [-0.1, -0.05) is 18.2 Å². The van der Waals surface area contributed by atoms with Gasteiger partial charge in [-0.05, 0) is 18.1 Å². The van der Waals surface area contributed by atoms with Gasteiger partial charge in [0.05, 0.1) is 19.1 Å². The Morgan fingerprint density at radius 3 is 2.58 bits per heavy atom. The Morgan fingerprint density at radius 2 is 1.88 bits per heavy atom. The van der Waals surface area contributed by atoms with Gasteiger partial charge in [-0.2, -0.15) is 0 Å². The van der Waals surface area contributed by atoms with Crippen LogP contribution in [0.4, 0.5) is 4.39 Å². The molecule has 0 bridgehead atoms. The van der Waals surface area contributed by atoms with E-state index in [-0.39, 0.29) is 30.2 Å². The maximum absolute atomic E-state index is 13.8. The average molecular weight is 363 g/mol. The SMILES string of the molecule is O=C(OCC(=O)N1CCC2(CC1)OCCO2)[C@@H]1C[C@H]1c1ccccc1F. The molecule has 3 aliphatic rings. The number of nitrogens with zero attached hydrogens (tertiary/aromatic N) is 1. The van der Waals surface area contributed by atoms with Gasteiger partial charge in [0.15, 0.2) is 12.4 Å². The number of rotatable bonds is 4. The molecule has 0 radical (unpaired) electrons. The maximum Gasteiger partial charge on any atom is 0.310 e. The number of halogens is 1. The lowest BCUT2D eigenvalue weighted by Gasteiger charge is -2.37. The highest BCUT2D eigenvalue weighted by Gasteiger charge is 2.47. The Balaban J connectivity index is 1.23. The second-order valence-corrected chi connectivity index (χ2v) is 7.07. The van der Waals surface area contributed by atoms with Crippen molar-refractivity contribution in [2.75, 3.05) is 32.9 Å². The molecule has 1 saturated carbocycles. The molecule has 1 aromatic rings. The Kier molecular flexibility index (Phi) is 4.67. The first-order valence-electron chi connectivity index (χ1n) is 9.05.